The molecule has 1 aromatic carbocycles. The van der Waals surface area contributed by atoms with Crippen molar-refractivity contribution in [1.29, 1.82) is 0 Å². The van der Waals surface area contributed by atoms with E-state index in [9.17, 15) is 0 Å². The molecule has 0 aliphatic heterocycles. The fourth-order valence-electron chi connectivity index (χ4n) is 0.833. The summed E-state index contributed by atoms with van der Waals surface area (Å²) in [6, 6.07) is 4.93. The van der Waals surface area contributed by atoms with Gasteiger partial charge in [-0.15, -0.1) is 0 Å². The maximum absolute atomic E-state index is 8.80. The Morgan fingerprint density at radius 3 is 2.50 bits per heavy atom. The Labute approximate surface area is 84.4 Å². The van der Waals surface area contributed by atoms with Gasteiger partial charge in [0.1, 0.15) is 0 Å². The molecule has 5 heteroatoms. The van der Waals surface area contributed by atoms with Crippen LogP contribution in [0, 0.1) is 0 Å². The van der Waals surface area contributed by atoms with Crippen molar-refractivity contribution >= 4 is 40.1 Å². The molecular formula is C7H7BBrClO2. The van der Waals surface area contributed by atoms with E-state index in [-0.39, 0.29) is 0 Å². The molecule has 0 saturated heterocycles. The third-order valence-corrected chi connectivity index (χ3v) is 2.48. The molecule has 1 aromatic rings. The molecule has 64 valence electrons. The van der Waals surface area contributed by atoms with Crippen molar-refractivity contribution in [3.63, 3.8) is 0 Å². The molecule has 0 heterocycles. The van der Waals surface area contributed by atoms with E-state index in [0.717, 1.165) is 5.56 Å². The summed E-state index contributed by atoms with van der Waals surface area (Å²) in [5.41, 5.74) is 1.34. The Morgan fingerprint density at radius 1 is 1.42 bits per heavy atom. The third-order valence-electron chi connectivity index (χ3n) is 1.52. The maximum Gasteiger partial charge on any atom is 0.488 e. The molecule has 12 heavy (non-hydrogen) atoms. The van der Waals surface area contributed by atoms with Gasteiger partial charge >= 0.3 is 7.12 Å². The molecule has 0 fully saturated rings. The van der Waals surface area contributed by atoms with Crippen molar-refractivity contribution in [3.05, 3.63) is 28.8 Å². The van der Waals surface area contributed by atoms with Crippen LogP contribution in [0.15, 0.2) is 18.2 Å². The molecule has 0 spiro atoms. The predicted octanol–water partition coefficient (Wildman–Crippen LogP) is 0.915. The predicted molar refractivity (Wildman–Crippen MR) is 53.9 cm³/mol. The molecule has 0 bridgehead atoms. The Kier molecular flexibility index (Phi) is 3.59. The zero-order chi connectivity index (χ0) is 9.14. The van der Waals surface area contributed by atoms with Gasteiger partial charge in [-0.2, -0.15) is 0 Å². The molecule has 0 atom stereocenters. The summed E-state index contributed by atoms with van der Waals surface area (Å²) in [7, 11) is -1.45. The number of rotatable bonds is 2. The van der Waals surface area contributed by atoms with Crippen LogP contribution in [0.2, 0.25) is 5.02 Å². The average molecular weight is 249 g/mol. The summed E-state index contributed by atoms with van der Waals surface area (Å²) < 4.78 is 0. The molecule has 0 aliphatic carbocycles. The molecule has 0 amide bonds. The summed E-state index contributed by atoms with van der Waals surface area (Å²) in [4.78, 5) is 0. The van der Waals surface area contributed by atoms with Gasteiger partial charge in [0.25, 0.3) is 0 Å². The minimum Gasteiger partial charge on any atom is -0.423 e. The highest BCUT2D eigenvalue weighted by molar-refractivity contribution is 9.08. The molecule has 1 rings (SSSR count). The Morgan fingerprint density at radius 2 is 2.08 bits per heavy atom. The fraction of sp³-hybridized carbons (Fsp3) is 0.143. The first kappa shape index (κ1) is 10.1. The van der Waals surface area contributed by atoms with Gasteiger partial charge in [0.05, 0.1) is 0 Å². The summed E-state index contributed by atoms with van der Waals surface area (Å²) in [5.74, 6) is 0. The van der Waals surface area contributed by atoms with E-state index in [4.69, 9.17) is 21.6 Å². The summed E-state index contributed by atoms with van der Waals surface area (Å²) in [6.07, 6.45) is 0. The van der Waals surface area contributed by atoms with Gasteiger partial charge in [0.2, 0.25) is 0 Å². The van der Waals surface area contributed by atoms with E-state index in [1.54, 1.807) is 18.2 Å². The van der Waals surface area contributed by atoms with Gasteiger partial charge in [-0.25, -0.2) is 0 Å². The summed E-state index contributed by atoms with van der Waals surface area (Å²) >= 11 is 9.08. The van der Waals surface area contributed by atoms with Gasteiger partial charge in [-0.05, 0) is 17.1 Å². The molecule has 0 aliphatic rings. The second-order valence-corrected chi connectivity index (χ2v) is 3.33. The van der Waals surface area contributed by atoms with E-state index < -0.39 is 7.12 Å². The molecule has 0 aromatic heterocycles. The normalized spacial score (nSPS) is 10.0. The zero-order valence-corrected chi connectivity index (χ0v) is 8.51. The minimum atomic E-state index is -1.45. The van der Waals surface area contributed by atoms with E-state index in [1.807, 2.05) is 0 Å². The van der Waals surface area contributed by atoms with Crippen LogP contribution < -0.4 is 5.46 Å². The average Bonchev–Trinajstić information content (AvgIpc) is 2.04. The first-order valence-electron chi connectivity index (χ1n) is 3.35. The Hall–Kier alpha value is -0.0251. The van der Waals surface area contributed by atoms with Crippen LogP contribution in [0.1, 0.15) is 5.56 Å². The van der Waals surface area contributed by atoms with Crippen LogP contribution >= 0.6 is 27.5 Å². The van der Waals surface area contributed by atoms with Gasteiger partial charge in [0.15, 0.2) is 0 Å². The first-order chi connectivity index (χ1) is 5.65. The largest absolute Gasteiger partial charge is 0.488 e. The van der Waals surface area contributed by atoms with E-state index in [2.05, 4.69) is 15.9 Å². The van der Waals surface area contributed by atoms with E-state index in [1.165, 1.54) is 0 Å². The quantitative estimate of drug-likeness (QED) is 0.604. The summed E-state index contributed by atoms with van der Waals surface area (Å²) in [6.45, 7) is 0. The smallest absolute Gasteiger partial charge is 0.423 e. The van der Waals surface area contributed by atoms with Crippen LogP contribution in [-0.2, 0) is 5.33 Å². The van der Waals surface area contributed by atoms with Crippen LogP contribution in [0.25, 0.3) is 0 Å². The van der Waals surface area contributed by atoms with Crippen LogP contribution in [0.3, 0.4) is 0 Å². The van der Waals surface area contributed by atoms with Gasteiger partial charge in [-0.3, -0.25) is 0 Å². The lowest BCUT2D eigenvalue weighted by Crippen LogP contribution is -2.29. The van der Waals surface area contributed by atoms with Crippen molar-refractivity contribution in [3.8, 4) is 0 Å². The highest BCUT2D eigenvalue weighted by Gasteiger charge is 2.11. The van der Waals surface area contributed by atoms with Crippen molar-refractivity contribution < 1.29 is 10.0 Å². The second kappa shape index (κ2) is 4.28. The lowest BCUT2D eigenvalue weighted by atomic mass is 9.80. The Balaban J connectivity index is 3.02. The van der Waals surface area contributed by atoms with Crippen molar-refractivity contribution in [1.82, 2.24) is 0 Å². The number of benzene rings is 1. The van der Waals surface area contributed by atoms with E-state index >= 15 is 0 Å². The highest BCUT2D eigenvalue weighted by atomic mass is 79.9. The lowest BCUT2D eigenvalue weighted by molar-refractivity contribution is 0.426. The maximum atomic E-state index is 8.80. The zero-order valence-electron chi connectivity index (χ0n) is 6.17. The van der Waals surface area contributed by atoms with Crippen LogP contribution in [0.5, 0.6) is 0 Å². The fourth-order valence-corrected chi connectivity index (χ4v) is 1.74. The van der Waals surface area contributed by atoms with E-state index in [0.29, 0.717) is 15.8 Å². The minimum absolute atomic E-state index is 0.407. The molecule has 2 N–H and O–H groups in total. The standard InChI is InChI=1S/C7H7BBrClO2/c9-4-5-1-2-6(8(11)12)3-7(5)10/h1-3,11-12H,4H2. The number of hydrogen-bond donors (Lipinski definition) is 2. The van der Waals surface area contributed by atoms with Crippen LogP contribution in [-0.4, -0.2) is 17.2 Å². The second-order valence-electron chi connectivity index (χ2n) is 2.36. The van der Waals surface area contributed by atoms with Crippen molar-refractivity contribution in [2.24, 2.45) is 0 Å². The Bertz CT molecular complexity index is 280. The van der Waals surface area contributed by atoms with Gasteiger partial charge in [-0.1, -0.05) is 39.7 Å². The SMILES string of the molecule is OB(O)c1ccc(CBr)c(Cl)c1. The molecule has 0 radical (unpaired) electrons. The number of alkyl halides is 1. The number of halogens is 2. The monoisotopic (exact) mass is 248 g/mol. The molecule has 0 unspecified atom stereocenters. The third kappa shape index (κ3) is 2.23. The van der Waals surface area contributed by atoms with Gasteiger partial charge in [0, 0.05) is 10.4 Å². The first-order valence-corrected chi connectivity index (χ1v) is 4.85. The topological polar surface area (TPSA) is 40.5 Å². The van der Waals surface area contributed by atoms with Crippen molar-refractivity contribution in [2.75, 3.05) is 0 Å². The van der Waals surface area contributed by atoms with Crippen molar-refractivity contribution in [2.45, 2.75) is 5.33 Å². The number of hydrogen-bond acceptors (Lipinski definition) is 2. The lowest BCUT2D eigenvalue weighted by Gasteiger charge is -2.03. The molecular weight excluding hydrogens is 242 g/mol. The highest BCUT2D eigenvalue weighted by Crippen LogP contribution is 2.16. The van der Waals surface area contributed by atoms with Gasteiger partial charge < -0.3 is 10.0 Å². The summed E-state index contributed by atoms with van der Waals surface area (Å²) in [5, 5.41) is 18.8. The van der Waals surface area contributed by atoms with Crippen LogP contribution in [0.4, 0.5) is 0 Å². The molecule has 0 saturated carbocycles. The molecule has 2 nitrogen and oxygen atoms in total.